The summed E-state index contributed by atoms with van der Waals surface area (Å²) in [5.41, 5.74) is 0.951. The monoisotopic (exact) mass is 360 g/mol. The van der Waals surface area contributed by atoms with Crippen molar-refractivity contribution in [3.05, 3.63) is 82.2 Å². The third kappa shape index (κ3) is 2.93. The zero-order valence-corrected chi connectivity index (χ0v) is 14.8. The summed E-state index contributed by atoms with van der Waals surface area (Å²) in [5.74, 6) is 0.394. The van der Waals surface area contributed by atoms with Crippen LogP contribution in [-0.2, 0) is 0 Å². The Hall–Kier alpha value is -3.60. The van der Waals surface area contributed by atoms with Crippen LogP contribution in [-0.4, -0.2) is 13.1 Å². The van der Waals surface area contributed by atoms with E-state index in [0.717, 1.165) is 10.8 Å². The number of methoxy groups -OCH3 is 1. The van der Waals surface area contributed by atoms with Gasteiger partial charge in [-0.25, -0.2) is 9.59 Å². The van der Waals surface area contributed by atoms with Crippen LogP contribution in [0.2, 0.25) is 0 Å². The number of esters is 1. The molecule has 0 fully saturated rings. The molecule has 27 heavy (non-hydrogen) atoms. The molecule has 1 aromatic heterocycles. The number of ether oxygens (including phenoxy) is 2. The quantitative estimate of drug-likeness (QED) is 0.233. The fraction of sp³-hybridized carbons (Fsp3) is 0.0909. The van der Waals surface area contributed by atoms with E-state index < -0.39 is 11.6 Å². The minimum absolute atomic E-state index is 0.341. The predicted molar refractivity (Wildman–Crippen MR) is 103 cm³/mol. The van der Waals surface area contributed by atoms with Crippen molar-refractivity contribution in [2.24, 2.45) is 0 Å². The fourth-order valence-electron chi connectivity index (χ4n) is 3.08. The van der Waals surface area contributed by atoms with Crippen molar-refractivity contribution in [3.63, 3.8) is 0 Å². The first-order chi connectivity index (χ1) is 13.1. The summed E-state index contributed by atoms with van der Waals surface area (Å²) in [6.45, 7) is 1.76. The van der Waals surface area contributed by atoms with E-state index in [1.54, 1.807) is 55.5 Å². The van der Waals surface area contributed by atoms with Gasteiger partial charge >= 0.3 is 11.6 Å². The van der Waals surface area contributed by atoms with Crippen LogP contribution in [0.3, 0.4) is 0 Å². The van der Waals surface area contributed by atoms with E-state index in [4.69, 9.17) is 13.9 Å². The standard InChI is InChI=1S/C22H16O5/c1-13-19(26-21(23)14-6-5-7-15(12-14)25-2)11-10-17-16-8-3-4-9-18(16)22(24)27-20(13)17/h3-12H,1-2H3. The largest absolute Gasteiger partial charge is 0.497 e. The summed E-state index contributed by atoms with van der Waals surface area (Å²) >= 11 is 0. The lowest BCUT2D eigenvalue weighted by atomic mass is 10.0. The van der Waals surface area contributed by atoms with E-state index in [9.17, 15) is 9.59 Å². The minimum Gasteiger partial charge on any atom is -0.497 e. The molecule has 0 saturated heterocycles. The molecule has 134 valence electrons. The molecule has 4 rings (SSSR count). The van der Waals surface area contributed by atoms with Gasteiger partial charge in [-0.3, -0.25) is 0 Å². The molecule has 0 amide bonds. The molecule has 0 N–H and O–H groups in total. The van der Waals surface area contributed by atoms with E-state index in [-0.39, 0.29) is 0 Å². The average molecular weight is 360 g/mol. The van der Waals surface area contributed by atoms with E-state index in [1.807, 2.05) is 12.1 Å². The maximum absolute atomic E-state index is 12.5. The van der Waals surface area contributed by atoms with Gasteiger partial charge in [0.2, 0.25) is 0 Å². The molecule has 0 aliphatic heterocycles. The number of hydrogen-bond acceptors (Lipinski definition) is 5. The van der Waals surface area contributed by atoms with Crippen molar-refractivity contribution < 1.29 is 18.7 Å². The first kappa shape index (κ1) is 16.8. The van der Waals surface area contributed by atoms with Gasteiger partial charge in [0.15, 0.2) is 0 Å². The number of benzene rings is 3. The fourth-order valence-corrected chi connectivity index (χ4v) is 3.08. The van der Waals surface area contributed by atoms with Crippen molar-refractivity contribution in [2.45, 2.75) is 6.92 Å². The van der Waals surface area contributed by atoms with E-state index >= 15 is 0 Å². The number of carbonyl (C=O) groups excluding carboxylic acids is 1. The Morgan fingerprint density at radius 1 is 0.926 bits per heavy atom. The third-order valence-corrected chi connectivity index (χ3v) is 4.50. The Balaban J connectivity index is 1.79. The smallest absolute Gasteiger partial charge is 0.344 e. The van der Waals surface area contributed by atoms with Gasteiger partial charge in [-0.2, -0.15) is 0 Å². The number of hydrogen-bond donors (Lipinski definition) is 0. The SMILES string of the molecule is COc1cccc(C(=O)Oc2ccc3c(oc(=O)c4ccccc43)c2C)c1. The highest BCUT2D eigenvalue weighted by molar-refractivity contribution is 6.05. The van der Waals surface area contributed by atoms with Gasteiger partial charge in [0, 0.05) is 10.9 Å². The average Bonchev–Trinajstić information content (AvgIpc) is 2.71. The van der Waals surface area contributed by atoms with Gasteiger partial charge in [-0.05, 0) is 48.7 Å². The number of rotatable bonds is 3. The lowest BCUT2D eigenvalue weighted by Gasteiger charge is -2.11. The van der Waals surface area contributed by atoms with Crippen LogP contribution in [0, 0.1) is 6.92 Å². The molecule has 0 aliphatic carbocycles. The Bertz CT molecular complexity index is 1240. The first-order valence-electron chi connectivity index (χ1n) is 8.40. The van der Waals surface area contributed by atoms with Crippen molar-refractivity contribution in [1.82, 2.24) is 0 Å². The predicted octanol–water partition coefficient (Wildman–Crippen LogP) is 4.48. The highest BCUT2D eigenvalue weighted by Gasteiger charge is 2.16. The van der Waals surface area contributed by atoms with Gasteiger partial charge in [0.1, 0.15) is 17.1 Å². The van der Waals surface area contributed by atoms with Crippen LogP contribution in [0.1, 0.15) is 15.9 Å². The Morgan fingerprint density at radius 2 is 1.70 bits per heavy atom. The summed E-state index contributed by atoms with van der Waals surface area (Å²) in [6, 6.07) is 17.5. The molecular weight excluding hydrogens is 344 g/mol. The minimum atomic E-state index is -0.514. The lowest BCUT2D eigenvalue weighted by molar-refractivity contribution is 0.0733. The van der Waals surface area contributed by atoms with Crippen LogP contribution < -0.4 is 15.1 Å². The van der Waals surface area contributed by atoms with Crippen molar-refractivity contribution >= 4 is 27.7 Å². The van der Waals surface area contributed by atoms with Crippen molar-refractivity contribution in [3.8, 4) is 11.5 Å². The van der Waals surface area contributed by atoms with Crippen LogP contribution in [0.25, 0.3) is 21.7 Å². The van der Waals surface area contributed by atoms with Crippen molar-refractivity contribution in [1.29, 1.82) is 0 Å². The normalized spacial score (nSPS) is 10.9. The molecular formula is C22H16O5. The van der Waals surface area contributed by atoms with Crippen LogP contribution in [0.5, 0.6) is 11.5 Å². The molecule has 4 aromatic rings. The highest BCUT2D eigenvalue weighted by Crippen LogP contribution is 2.31. The highest BCUT2D eigenvalue weighted by atomic mass is 16.5. The second-order valence-electron chi connectivity index (χ2n) is 6.12. The van der Waals surface area contributed by atoms with Crippen molar-refractivity contribution in [2.75, 3.05) is 7.11 Å². The maximum atomic E-state index is 12.5. The van der Waals surface area contributed by atoms with E-state index in [2.05, 4.69) is 0 Å². The Kier molecular flexibility index (Phi) is 4.12. The number of aryl methyl sites for hydroxylation is 1. The lowest BCUT2D eigenvalue weighted by Crippen LogP contribution is -2.10. The molecule has 5 heteroatoms. The van der Waals surface area contributed by atoms with Gasteiger partial charge in [0.05, 0.1) is 18.1 Å². The molecule has 1 heterocycles. The Labute approximate surface area is 154 Å². The zero-order valence-electron chi connectivity index (χ0n) is 14.8. The van der Waals surface area contributed by atoms with Gasteiger partial charge in [0.25, 0.3) is 0 Å². The van der Waals surface area contributed by atoms with Crippen LogP contribution >= 0.6 is 0 Å². The molecule has 0 aliphatic rings. The summed E-state index contributed by atoms with van der Waals surface area (Å²) in [4.78, 5) is 24.8. The first-order valence-corrected chi connectivity index (χ1v) is 8.40. The molecule has 0 unspecified atom stereocenters. The molecule has 0 spiro atoms. The van der Waals surface area contributed by atoms with E-state index in [1.165, 1.54) is 7.11 Å². The molecule has 3 aromatic carbocycles. The maximum Gasteiger partial charge on any atom is 0.344 e. The molecule has 0 radical (unpaired) electrons. The van der Waals surface area contributed by atoms with Gasteiger partial charge < -0.3 is 13.9 Å². The topological polar surface area (TPSA) is 65.7 Å². The van der Waals surface area contributed by atoms with E-state index in [0.29, 0.717) is 33.6 Å². The second-order valence-corrected chi connectivity index (χ2v) is 6.12. The molecule has 0 saturated carbocycles. The molecule has 5 nitrogen and oxygen atoms in total. The number of carbonyl (C=O) groups is 1. The number of fused-ring (bicyclic) bond motifs is 3. The van der Waals surface area contributed by atoms with Crippen LogP contribution in [0.4, 0.5) is 0 Å². The zero-order chi connectivity index (χ0) is 19.0. The summed E-state index contributed by atoms with van der Waals surface area (Å²) < 4.78 is 16.2. The second kappa shape index (κ2) is 6.61. The summed E-state index contributed by atoms with van der Waals surface area (Å²) in [5, 5.41) is 2.12. The van der Waals surface area contributed by atoms with Gasteiger partial charge in [-0.15, -0.1) is 0 Å². The third-order valence-electron chi connectivity index (χ3n) is 4.50. The van der Waals surface area contributed by atoms with Gasteiger partial charge in [-0.1, -0.05) is 24.3 Å². The summed E-state index contributed by atoms with van der Waals surface area (Å²) in [6.07, 6.45) is 0. The summed E-state index contributed by atoms with van der Waals surface area (Å²) in [7, 11) is 1.53. The molecule has 0 atom stereocenters. The Morgan fingerprint density at radius 3 is 2.48 bits per heavy atom. The molecule has 0 bridgehead atoms. The van der Waals surface area contributed by atoms with Crippen LogP contribution in [0.15, 0.2) is 69.9 Å².